The number of rotatable bonds is 7. The van der Waals surface area contributed by atoms with Crippen LogP contribution in [0, 0.1) is 6.57 Å². The van der Waals surface area contributed by atoms with Crippen molar-refractivity contribution in [2.24, 2.45) is 0 Å². The molecule has 0 amide bonds. The molecule has 2 heterocycles. The minimum absolute atomic E-state index is 0.596. The molecule has 0 aliphatic carbocycles. The lowest BCUT2D eigenvalue weighted by molar-refractivity contribution is 1.16. The Bertz CT molecular complexity index is 2950. The predicted molar refractivity (Wildman–Crippen MR) is 235 cm³/mol. The largest absolute Gasteiger partial charge is 0.309 e. The third-order valence-electron chi connectivity index (χ3n) is 10.6. The maximum absolute atomic E-state index is 8.12. The van der Waals surface area contributed by atoms with Crippen molar-refractivity contribution in [1.29, 1.82) is 0 Å². The lowest BCUT2D eigenvalue weighted by Crippen LogP contribution is -1.99. The number of nitrogens with zero attached hydrogens (tertiary/aromatic N) is 4. The predicted octanol–water partition coefficient (Wildman–Crippen LogP) is 14.1. The Hall–Kier alpha value is -7.87. The molecule has 0 saturated heterocycles. The maximum Gasteiger partial charge on any atom is 0.194 e. The van der Waals surface area contributed by atoms with E-state index >= 15 is 0 Å². The van der Waals surface area contributed by atoms with Gasteiger partial charge in [-0.1, -0.05) is 170 Å². The van der Waals surface area contributed by atoms with Crippen LogP contribution >= 0.6 is 0 Å². The number of aromatic nitrogens is 3. The molecule has 0 unspecified atom stereocenters. The van der Waals surface area contributed by atoms with Gasteiger partial charge in [-0.15, -0.1) is 0 Å². The van der Waals surface area contributed by atoms with Crippen molar-refractivity contribution >= 4 is 27.5 Å². The van der Waals surface area contributed by atoms with Crippen molar-refractivity contribution in [2.45, 2.75) is 0 Å². The zero-order chi connectivity index (χ0) is 38.1. The van der Waals surface area contributed by atoms with E-state index in [4.69, 9.17) is 16.5 Å². The first kappa shape index (κ1) is 33.7. The monoisotopic (exact) mass is 726 g/mol. The minimum Gasteiger partial charge on any atom is -0.309 e. The van der Waals surface area contributed by atoms with E-state index in [2.05, 4.69) is 155 Å². The van der Waals surface area contributed by atoms with E-state index in [1.54, 1.807) is 0 Å². The van der Waals surface area contributed by atoms with Gasteiger partial charge in [0.05, 0.1) is 29.0 Å². The van der Waals surface area contributed by atoms with Crippen molar-refractivity contribution in [1.82, 2.24) is 14.5 Å². The average molecular weight is 727 g/mol. The molecule has 0 aliphatic rings. The summed E-state index contributed by atoms with van der Waals surface area (Å²) in [5.74, 6) is 0.650. The van der Waals surface area contributed by atoms with Gasteiger partial charge in [0.15, 0.2) is 11.5 Å². The number of hydrogen-bond acceptors (Lipinski definition) is 2. The summed E-state index contributed by atoms with van der Waals surface area (Å²) < 4.78 is 2.38. The number of hydrogen-bond donors (Lipinski definition) is 0. The van der Waals surface area contributed by atoms with Crippen molar-refractivity contribution in [2.75, 3.05) is 0 Å². The summed E-state index contributed by atoms with van der Waals surface area (Å²) in [6.45, 7) is 8.12. The average Bonchev–Trinajstić information content (AvgIpc) is 3.63. The molecule has 0 saturated carbocycles. The molecule has 266 valence electrons. The first-order valence-electron chi connectivity index (χ1n) is 19.0. The van der Waals surface area contributed by atoms with Gasteiger partial charge in [0.1, 0.15) is 0 Å². The molecule has 0 fully saturated rings. The van der Waals surface area contributed by atoms with Crippen LogP contribution in [-0.2, 0) is 0 Å². The van der Waals surface area contributed by atoms with Crippen LogP contribution in [0.2, 0.25) is 0 Å². The highest BCUT2D eigenvalue weighted by Gasteiger charge is 2.19. The van der Waals surface area contributed by atoms with E-state index in [-0.39, 0.29) is 0 Å². The fraction of sp³-hybridized carbons (Fsp3) is 0. The lowest BCUT2D eigenvalue weighted by atomic mass is 9.98. The molecule has 8 aromatic carbocycles. The number of benzene rings is 8. The van der Waals surface area contributed by atoms with Gasteiger partial charge in [0, 0.05) is 33.2 Å². The van der Waals surface area contributed by atoms with E-state index in [1.807, 2.05) is 60.7 Å². The third-order valence-corrected chi connectivity index (χ3v) is 10.6. The minimum atomic E-state index is 0.596. The van der Waals surface area contributed by atoms with Crippen LogP contribution in [0.5, 0.6) is 0 Å². The van der Waals surface area contributed by atoms with Crippen LogP contribution in [0.15, 0.2) is 206 Å². The lowest BCUT2D eigenvalue weighted by Gasteiger charge is -2.16. The summed E-state index contributed by atoms with van der Waals surface area (Å²) >= 11 is 0. The van der Waals surface area contributed by atoms with Gasteiger partial charge in [-0.2, -0.15) is 0 Å². The van der Waals surface area contributed by atoms with Gasteiger partial charge in [0.25, 0.3) is 0 Å². The molecule has 0 bridgehead atoms. The Labute approximate surface area is 331 Å². The number of para-hydroxylation sites is 1. The van der Waals surface area contributed by atoms with Crippen LogP contribution in [0.25, 0.3) is 99.6 Å². The van der Waals surface area contributed by atoms with Crippen LogP contribution < -0.4 is 0 Å². The highest BCUT2D eigenvalue weighted by Crippen LogP contribution is 2.41. The second kappa shape index (κ2) is 14.4. The quantitative estimate of drug-likeness (QED) is 0.153. The Morgan fingerprint density at radius 1 is 0.368 bits per heavy atom. The maximum atomic E-state index is 8.12. The highest BCUT2D eigenvalue weighted by atomic mass is 15.0. The van der Waals surface area contributed by atoms with Crippen LogP contribution in [0.1, 0.15) is 0 Å². The Morgan fingerprint density at radius 3 is 1.40 bits per heavy atom. The van der Waals surface area contributed by atoms with Crippen molar-refractivity contribution in [3.63, 3.8) is 0 Å². The molecule has 0 radical (unpaired) electrons. The Balaban J connectivity index is 1.29. The summed E-state index contributed by atoms with van der Waals surface area (Å²) in [5, 5.41) is 2.33. The van der Waals surface area contributed by atoms with E-state index < -0.39 is 0 Å². The van der Waals surface area contributed by atoms with Gasteiger partial charge in [0.2, 0.25) is 0 Å². The molecule has 0 aliphatic heterocycles. The topological polar surface area (TPSA) is 35.1 Å². The molecule has 4 nitrogen and oxygen atoms in total. The smallest absolute Gasteiger partial charge is 0.194 e. The standard InChI is InChI=1S/C53H34N4/c1-54-48-25-15-14-24-45(48)42-30-43(50-35-49(38-20-10-4-11-21-38)55-53(56-50)39-22-12-5-13-23-39)32-44(31-42)57-51-33-40(36-16-6-2-7-17-36)26-28-46(51)47-29-27-41(34-52(47)57)37-18-8-3-9-19-37/h2-35H. The van der Waals surface area contributed by atoms with Gasteiger partial charge < -0.3 is 4.57 Å². The molecule has 0 atom stereocenters. The molecular formula is C53H34N4. The van der Waals surface area contributed by atoms with Crippen molar-refractivity contribution in [3.05, 3.63) is 218 Å². The second-order valence-corrected chi connectivity index (χ2v) is 14.1. The molecule has 4 heteroatoms. The summed E-state index contributed by atoms with van der Waals surface area (Å²) in [4.78, 5) is 14.3. The van der Waals surface area contributed by atoms with Gasteiger partial charge >= 0.3 is 0 Å². The van der Waals surface area contributed by atoms with Crippen LogP contribution in [0.3, 0.4) is 0 Å². The summed E-state index contributed by atoms with van der Waals surface area (Å²) in [6, 6.07) is 71.6. The number of fused-ring (bicyclic) bond motifs is 3. The zero-order valence-electron chi connectivity index (χ0n) is 30.9. The van der Waals surface area contributed by atoms with E-state index in [0.717, 1.165) is 89.0 Å². The van der Waals surface area contributed by atoms with E-state index in [1.165, 1.54) is 0 Å². The Kier molecular flexibility index (Phi) is 8.52. The summed E-state index contributed by atoms with van der Waals surface area (Å²) in [5.41, 5.74) is 14.7. The van der Waals surface area contributed by atoms with Gasteiger partial charge in [-0.3, -0.25) is 0 Å². The fourth-order valence-electron chi connectivity index (χ4n) is 7.84. The van der Waals surface area contributed by atoms with Crippen LogP contribution in [-0.4, -0.2) is 14.5 Å². The molecule has 57 heavy (non-hydrogen) atoms. The van der Waals surface area contributed by atoms with Crippen LogP contribution in [0.4, 0.5) is 5.69 Å². The summed E-state index contributed by atoms with van der Waals surface area (Å²) in [7, 11) is 0. The molecular weight excluding hydrogens is 693 g/mol. The second-order valence-electron chi connectivity index (χ2n) is 14.1. The van der Waals surface area contributed by atoms with E-state index in [9.17, 15) is 0 Å². The van der Waals surface area contributed by atoms with Gasteiger partial charge in [-0.25, -0.2) is 14.8 Å². The highest BCUT2D eigenvalue weighted by molar-refractivity contribution is 6.11. The Morgan fingerprint density at radius 2 is 0.842 bits per heavy atom. The first-order chi connectivity index (χ1) is 28.2. The normalized spacial score (nSPS) is 11.1. The molecule has 10 rings (SSSR count). The first-order valence-corrected chi connectivity index (χ1v) is 19.0. The summed E-state index contributed by atoms with van der Waals surface area (Å²) in [6.07, 6.45) is 0. The van der Waals surface area contributed by atoms with Crippen molar-refractivity contribution < 1.29 is 0 Å². The fourth-order valence-corrected chi connectivity index (χ4v) is 7.84. The molecule has 0 N–H and O–H groups in total. The van der Waals surface area contributed by atoms with Gasteiger partial charge in [-0.05, 0) is 69.8 Å². The van der Waals surface area contributed by atoms with E-state index in [0.29, 0.717) is 11.5 Å². The SMILES string of the molecule is [C-]#[N+]c1ccccc1-c1cc(-c2cc(-c3ccccc3)nc(-c3ccccc3)n2)cc(-n2c3cc(-c4ccccc4)ccc3c3ccc(-c4ccccc4)cc32)c1. The molecule has 0 spiro atoms. The van der Waals surface area contributed by atoms with Crippen molar-refractivity contribution in [3.8, 4) is 73.0 Å². The molecule has 2 aromatic heterocycles. The molecule has 10 aromatic rings. The zero-order valence-corrected chi connectivity index (χ0v) is 30.9. The third kappa shape index (κ3) is 6.34.